The number of ether oxygens (including phenoxy) is 3. The van der Waals surface area contributed by atoms with Crippen LogP contribution >= 0.6 is 23.1 Å². The molecule has 0 aliphatic carbocycles. The number of carbonyl (C=O) groups excluding carboxylic acids is 2. The summed E-state index contributed by atoms with van der Waals surface area (Å²) in [6.07, 6.45) is 2.10. The first-order valence-electron chi connectivity index (χ1n) is 13.5. The van der Waals surface area contributed by atoms with E-state index in [1.54, 1.807) is 23.7 Å². The summed E-state index contributed by atoms with van der Waals surface area (Å²) < 4.78 is 19.1. The molecule has 2 aromatic carbocycles. The highest BCUT2D eigenvalue weighted by Crippen LogP contribution is 2.32. The first-order chi connectivity index (χ1) is 19.9. The number of piperidine rings is 1. The second kappa shape index (κ2) is 13.1. The molecular formula is C30H33N3O6S2. The number of ketones is 1. The van der Waals surface area contributed by atoms with Crippen LogP contribution in [0.2, 0.25) is 0 Å². The Hall–Kier alpha value is -3.41. The molecule has 4 aromatic rings. The summed E-state index contributed by atoms with van der Waals surface area (Å²) in [4.78, 5) is 46.1. The van der Waals surface area contributed by atoms with Gasteiger partial charge in [-0.1, -0.05) is 36.0 Å². The Labute approximate surface area is 246 Å². The zero-order valence-corrected chi connectivity index (χ0v) is 25.0. The number of carbonyl (C=O) groups is 2. The molecule has 0 spiro atoms. The maximum atomic E-state index is 13.8. The van der Waals surface area contributed by atoms with E-state index in [0.29, 0.717) is 52.9 Å². The standard InChI is InChI=1S/C30H33N3O6S2/c1-37-17-22(34)20-7-6-13-32(16-20)26(35)18-40-30-31-27-21-8-4-5-9-25(21)41-28(27)29(36)33(30)14-12-19-10-11-23(38-2)24(15-19)39-3/h4-5,8-11,15,20H,6-7,12-14,16-18H2,1-3H3/t20-/m0/s1. The Morgan fingerprint density at radius 1 is 1.10 bits per heavy atom. The van der Waals surface area contributed by atoms with Crippen molar-refractivity contribution in [3.05, 3.63) is 58.4 Å². The number of hydrogen-bond acceptors (Lipinski definition) is 9. The second-order valence-electron chi connectivity index (χ2n) is 9.93. The van der Waals surface area contributed by atoms with E-state index in [4.69, 9.17) is 19.2 Å². The Morgan fingerprint density at radius 3 is 2.68 bits per heavy atom. The molecule has 1 atom stereocenters. The zero-order chi connectivity index (χ0) is 28.9. The van der Waals surface area contributed by atoms with Crippen LogP contribution in [0.1, 0.15) is 18.4 Å². The molecule has 2 aromatic heterocycles. The highest BCUT2D eigenvalue weighted by molar-refractivity contribution is 7.99. The molecule has 9 nitrogen and oxygen atoms in total. The largest absolute Gasteiger partial charge is 0.493 e. The Kier molecular flexibility index (Phi) is 9.26. The van der Waals surface area contributed by atoms with Gasteiger partial charge < -0.3 is 19.1 Å². The minimum atomic E-state index is -0.205. The van der Waals surface area contributed by atoms with E-state index in [-0.39, 0.29) is 35.5 Å². The molecule has 0 N–H and O–H groups in total. The van der Waals surface area contributed by atoms with Crippen molar-refractivity contribution in [3.8, 4) is 11.5 Å². The third kappa shape index (κ3) is 6.27. The Balaban J connectivity index is 1.41. The number of hydrogen-bond donors (Lipinski definition) is 0. The van der Waals surface area contributed by atoms with Crippen molar-refractivity contribution >= 4 is 55.1 Å². The molecule has 0 bridgehead atoms. The first kappa shape index (κ1) is 29.1. The fraction of sp³-hybridized carbons (Fsp3) is 0.400. The second-order valence-corrected chi connectivity index (χ2v) is 11.9. The number of aromatic nitrogens is 2. The lowest BCUT2D eigenvalue weighted by atomic mass is 9.94. The van der Waals surface area contributed by atoms with Gasteiger partial charge in [-0.2, -0.15) is 0 Å². The van der Waals surface area contributed by atoms with Gasteiger partial charge in [-0.05, 0) is 43.0 Å². The van der Waals surface area contributed by atoms with Crippen molar-refractivity contribution in [1.82, 2.24) is 14.5 Å². The van der Waals surface area contributed by atoms with Crippen LogP contribution < -0.4 is 15.0 Å². The van der Waals surface area contributed by atoms with E-state index in [0.717, 1.165) is 28.5 Å². The SMILES string of the molecule is COCC(=O)[C@H]1CCCN(C(=O)CSc2nc3c(sc4ccccc43)c(=O)n2CCc2ccc(OC)c(OC)c2)C1. The number of likely N-dealkylation sites (tertiary alicyclic amines) is 1. The quantitative estimate of drug-likeness (QED) is 0.186. The summed E-state index contributed by atoms with van der Waals surface area (Å²) in [6, 6.07) is 13.6. The smallest absolute Gasteiger partial charge is 0.272 e. The number of fused-ring (bicyclic) bond motifs is 3. The van der Waals surface area contributed by atoms with Crippen molar-refractivity contribution in [3.63, 3.8) is 0 Å². The summed E-state index contributed by atoms with van der Waals surface area (Å²) in [6.45, 7) is 1.46. The van der Waals surface area contributed by atoms with Crippen molar-refractivity contribution in [2.45, 2.75) is 31.0 Å². The molecule has 1 saturated heterocycles. The number of rotatable bonds is 11. The van der Waals surface area contributed by atoms with E-state index in [1.165, 1.54) is 30.2 Å². The van der Waals surface area contributed by atoms with E-state index in [1.807, 2.05) is 42.5 Å². The van der Waals surface area contributed by atoms with Crippen LogP contribution in [0.25, 0.3) is 20.3 Å². The van der Waals surface area contributed by atoms with E-state index in [9.17, 15) is 14.4 Å². The summed E-state index contributed by atoms with van der Waals surface area (Å²) >= 11 is 2.71. The fourth-order valence-electron chi connectivity index (χ4n) is 5.18. The molecule has 1 aliphatic rings. The third-order valence-electron chi connectivity index (χ3n) is 7.36. The van der Waals surface area contributed by atoms with Crippen molar-refractivity contribution in [2.75, 3.05) is 46.8 Å². The summed E-state index contributed by atoms with van der Waals surface area (Å²) in [7, 11) is 4.69. The third-order valence-corrected chi connectivity index (χ3v) is 9.47. The van der Waals surface area contributed by atoms with Gasteiger partial charge in [0.2, 0.25) is 5.91 Å². The van der Waals surface area contributed by atoms with Gasteiger partial charge in [0.1, 0.15) is 11.3 Å². The van der Waals surface area contributed by atoms with Crippen LogP contribution in [0.15, 0.2) is 52.4 Å². The fourth-order valence-corrected chi connectivity index (χ4v) is 7.19. The predicted molar refractivity (Wildman–Crippen MR) is 162 cm³/mol. The number of benzene rings is 2. The lowest BCUT2D eigenvalue weighted by molar-refractivity contribution is -0.134. The van der Waals surface area contributed by atoms with E-state index < -0.39 is 0 Å². The number of thioether (sulfide) groups is 1. The molecule has 5 rings (SSSR count). The van der Waals surface area contributed by atoms with Gasteiger partial charge in [-0.25, -0.2) is 4.98 Å². The molecule has 0 saturated carbocycles. The van der Waals surface area contributed by atoms with Crippen molar-refractivity contribution in [2.24, 2.45) is 5.92 Å². The van der Waals surface area contributed by atoms with Crippen molar-refractivity contribution < 1.29 is 23.8 Å². The number of nitrogens with zero attached hydrogens (tertiary/aromatic N) is 3. The van der Waals surface area contributed by atoms with E-state index >= 15 is 0 Å². The van der Waals surface area contributed by atoms with Gasteiger partial charge in [0.25, 0.3) is 5.56 Å². The van der Waals surface area contributed by atoms with Crippen LogP contribution in [0.3, 0.4) is 0 Å². The molecule has 1 amide bonds. The zero-order valence-electron chi connectivity index (χ0n) is 23.4. The predicted octanol–water partition coefficient (Wildman–Crippen LogP) is 4.42. The molecular weight excluding hydrogens is 562 g/mol. The average Bonchev–Trinajstić information content (AvgIpc) is 3.38. The molecule has 1 fully saturated rings. The highest BCUT2D eigenvalue weighted by atomic mass is 32.2. The summed E-state index contributed by atoms with van der Waals surface area (Å²) in [5, 5.41) is 1.43. The lowest BCUT2D eigenvalue weighted by Crippen LogP contribution is -2.43. The highest BCUT2D eigenvalue weighted by Gasteiger charge is 2.28. The lowest BCUT2D eigenvalue weighted by Gasteiger charge is -2.32. The van der Waals surface area contributed by atoms with Gasteiger partial charge >= 0.3 is 0 Å². The number of Topliss-reactive ketones (excluding diaryl/α,β-unsaturated/α-hetero) is 1. The van der Waals surface area contributed by atoms with Crippen LogP contribution in [0.5, 0.6) is 11.5 Å². The number of methoxy groups -OCH3 is 3. The molecule has 0 unspecified atom stereocenters. The molecule has 216 valence electrons. The van der Waals surface area contributed by atoms with Gasteiger partial charge in [-0.3, -0.25) is 19.0 Å². The minimum absolute atomic E-state index is 0.0260. The maximum Gasteiger partial charge on any atom is 0.272 e. The Morgan fingerprint density at radius 2 is 1.90 bits per heavy atom. The normalized spacial score (nSPS) is 15.4. The molecule has 0 radical (unpaired) electrons. The van der Waals surface area contributed by atoms with E-state index in [2.05, 4.69) is 0 Å². The molecule has 1 aliphatic heterocycles. The van der Waals surface area contributed by atoms with Crippen LogP contribution in [-0.2, 0) is 27.3 Å². The monoisotopic (exact) mass is 595 g/mol. The summed E-state index contributed by atoms with van der Waals surface area (Å²) in [5.74, 6) is 1.14. The van der Waals surface area contributed by atoms with Crippen molar-refractivity contribution in [1.29, 1.82) is 0 Å². The van der Waals surface area contributed by atoms with Gasteiger partial charge in [-0.15, -0.1) is 11.3 Å². The Bertz CT molecular complexity index is 1630. The van der Waals surface area contributed by atoms with Crippen LogP contribution in [0, 0.1) is 5.92 Å². The number of aryl methyl sites for hydroxylation is 1. The molecule has 11 heteroatoms. The van der Waals surface area contributed by atoms with Crippen LogP contribution in [-0.4, -0.2) is 72.9 Å². The topological polar surface area (TPSA) is 100.0 Å². The average molecular weight is 596 g/mol. The van der Waals surface area contributed by atoms with Crippen LogP contribution in [0.4, 0.5) is 0 Å². The number of thiophene rings is 1. The minimum Gasteiger partial charge on any atom is -0.493 e. The first-order valence-corrected chi connectivity index (χ1v) is 15.3. The maximum absolute atomic E-state index is 13.8. The molecule has 41 heavy (non-hydrogen) atoms. The summed E-state index contributed by atoms with van der Waals surface area (Å²) in [5.41, 5.74) is 1.53. The number of amides is 1. The van der Waals surface area contributed by atoms with Gasteiger partial charge in [0, 0.05) is 42.7 Å². The van der Waals surface area contributed by atoms with Gasteiger partial charge in [0.15, 0.2) is 22.4 Å². The molecule has 3 heterocycles. The van der Waals surface area contributed by atoms with Gasteiger partial charge in [0.05, 0.1) is 25.5 Å².